The summed E-state index contributed by atoms with van der Waals surface area (Å²) in [6.45, 7) is 1.55. The van der Waals surface area contributed by atoms with Crippen LogP contribution in [0.4, 0.5) is 18.9 Å². The second-order valence-corrected chi connectivity index (χ2v) is 7.23. The average molecular weight is 468 g/mol. The quantitative estimate of drug-likeness (QED) is 0.340. The molecule has 0 fully saturated rings. The van der Waals surface area contributed by atoms with Gasteiger partial charge in [-0.2, -0.15) is 13.2 Å². The number of hydrogen-bond acceptors (Lipinski definition) is 5. The van der Waals surface area contributed by atoms with Crippen molar-refractivity contribution in [3.05, 3.63) is 89.8 Å². The Balaban J connectivity index is 1.65. The van der Waals surface area contributed by atoms with Crippen molar-refractivity contribution in [3.63, 3.8) is 0 Å². The summed E-state index contributed by atoms with van der Waals surface area (Å²) >= 11 is 0. The summed E-state index contributed by atoms with van der Waals surface area (Å²) in [5.74, 6) is 0.672. The van der Waals surface area contributed by atoms with E-state index in [0.29, 0.717) is 17.1 Å². The van der Waals surface area contributed by atoms with Gasteiger partial charge in [-0.1, -0.05) is 18.2 Å². The van der Waals surface area contributed by atoms with Gasteiger partial charge in [-0.3, -0.25) is 4.79 Å². The van der Waals surface area contributed by atoms with Crippen molar-refractivity contribution in [1.29, 1.82) is 0 Å². The molecule has 0 radical (unpaired) electrons. The van der Waals surface area contributed by atoms with Gasteiger partial charge in [0.05, 0.1) is 18.4 Å². The van der Waals surface area contributed by atoms with Gasteiger partial charge in [0.1, 0.15) is 17.3 Å². The molecular formula is C25H19F3N2O4. The van der Waals surface area contributed by atoms with Gasteiger partial charge < -0.3 is 19.2 Å². The monoisotopic (exact) mass is 468 g/mol. The number of carbonyl (C=O) groups excluding carboxylic acids is 1. The first-order valence-corrected chi connectivity index (χ1v) is 10.1. The number of carbonyl (C=O) groups is 1. The van der Waals surface area contributed by atoms with E-state index in [2.05, 4.69) is 10.3 Å². The molecule has 4 rings (SSSR count). The number of aromatic nitrogens is 1. The normalized spacial score (nSPS) is 11.2. The first-order chi connectivity index (χ1) is 16.2. The number of halogens is 3. The zero-order valence-corrected chi connectivity index (χ0v) is 18.1. The molecule has 9 heteroatoms. The molecule has 1 N–H and O–H groups in total. The Labute approximate surface area is 193 Å². The van der Waals surface area contributed by atoms with Gasteiger partial charge in [0.2, 0.25) is 5.89 Å². The van der Waals surface area contributed by atoms with E-state index >= 15 is 0 Å². The molecular weight excluding hydrogens is 449 g/mol. The number of aryl methyl sites for hydroxylation is 1. The smallest absolute Gasteiger partial charge is 0.416 e. The van der Waals surface area contributed by atoms with Crippen LogP contribution < -0.4 is 14.8 Å². The lowest BCUT2D eigenvalue weighted by molar-refractivity contribution is -0.137. The summed E-state index contributed by atoms with van der Waals surface area (Å²) < 4.78 is 56.4. The Morgan fingerprint density at radius 2 is 1.65 bits per heavy atom. The number of hydrogen-bond donors (Lipinski definition) is 1. The molecule has 0 atom stereocenters. The van der Waals surface area contributed by atoms with Crippen molar-refractivity contribution in [1.82, 2.24) is 4.98 Å². The predicted octanol–water partition coefficient (Wildman–Crippen LogP) is 6.72. The van der Waals surface area contributed by atoms with Crippen LogP contribution >= 0.6 is 0 Å². The predicted molar refractivity (Wildman–Crippen MR) is 119 cm³/mol. The first-order valence-electron chi connectivity index (χ1n) is 10.1. The molecule has 34 heavy (non-hydrogen) atoms. The molecule has 1 aromatic heterocycles. The molecule has 1 heterocycles. The number of anilines is 1. The van der Waals surface area contributed by atoms with Crippen LogP contribution in [0.2, 0.25) is 0 Å². The number of benzene rings is 3. The highest BCUT2D eigenvalue weighted by Gasteiger charge is 2.32. The van der Waals surface area contributed by atoms with E-state index in [1.54, 1.807) is 55.5 Å². The Kier molecular flexibility index (Phi) is 6.27. The van der Waals surface area contributed by atoms with Crippen LogP contribution in [-0.2, 0) is 6.18 Å². The zero-order valence-electron chi connectivity index (χ0n) is 18.1. The molecule has 1 amide bonds. The van der Waals surface area contributed by atoms with Crippen molar-refractivity contribution in [2.24, 2.45) is 0 Å². The largest absolute Gasteiger partial charge is 0.497 e. The lowest BCUT2D eigenvalue weighted by Crippen LogP contribution is -2.15. The third kappa shape index (κ3) is 5.03. The maximum atomic E-state index is 13.3. The summed E-state index contributed by atoms with van der Waals surface area (Å²) in [6.07, 6.45) is -4.61. The fraction of sp³-hybridized carbons (Fsp3) is 0.120. The van der Waals surface area contributed by atoms with Crippen LogP contribution in [0.1, 0.15) is 21.8 Å². The topological polar surface area (TPSA) is 73.6 Å². The Morgan fingerprint density at radius 1 is 0.971 bits per heavy atom. The minimum absolute atomic E-state index is 0.0240. The van der Waals surface area contributed by atoms with Gasteiger partial charge >= 0.3 is 6.18 Å². The zero-order chi connectivity index (χ0) is 24.3. The van der Waals surface area contributed by atoms with E-state index in [9.17, 15) is 18.0 Å². The summed E-state index contributed by atoms with van der Waals surface area (Å²) in [5.41, 5.74) is -0.495. The van der Waals surface area contributed by atoms with E-state index in [-0.39, 0.29) is 28.8 Å². The molecule has 0 unspecified atom stereocenters. The van der Waals surface area contributed by atoms with Gasteiger partial charge in [-0.15, -0.1) is 0 Å². The molecule has 0 aliphatic heterocycles. The second kappa shape index (κ2) is 9.30. The molecule has 174 valence electrons. The molecule has 4 aromatic rings. The molecule has 0 aliphatic carbocycles. The lowest BCUT2D eigenvalue weighted by atomic mass is 10.1. The molecule has 0 aliphatic rings. The van der Waals surface area contributed by atoms with Gasteiger partial charge in [-0.05, 0) is 61.5 Å². The molecule has 0 spiro atoms. The van der Waals surface area contributed by atoms with Crippen molar-refractivity contribution in [3.8, 4) is 28.7 Å². The molecule has 3 aromatic carbocycles. The number of nitrogens with one attached hydrogen (secondary N) is 1. The summed E-state index contributed by atoms with van der Waals surface area (Å²) in [5, 5.41) is 2.48. The highest BCUT2D eigenvalue weighted by atomic mass is 19.4. The highest BCUT2D eigenvalue weighted by molar-refractivity contribution is 6.04. The number of oxazole rings is 1. The van der Waals surface area contributed by atoms with Crippen molar-refractivity contribution < 1.29 is 31.9 Å². The second-order valence-electron chi connectivity index (χ2n) is 7.23. The van der Waals surface area contributed by atoms with Crippen LogP contribution in [0.3, 0.4) is 0 Å². The minimum atomic E-state index is -4.61. The minimum Gasteiger partial charge on any atom is -0.497 e. The van der Waals surface area contributed by atoms with E-state index in [1.165, 1.54) is 7.11 Å². The number of methoxy groups -OCH3 is 1. The fourth-order valence-corrected chi connectivity index (χ4v) is 3.16. The Bertz CT molecular complexity index is 1300. The van der Waals surface area contributed by atoms with Crippen molar-refractivity contribution >= 4 is 11.6 Å². The molecule has 6 nitrogen and oxygen atoms in total. The van der Waals surface area contributed by atoms with Crippen molar-refractivity contribution in [2.45, 2.75) is 13.1 Å². The van der Waals surface area contributed by atoms with Crippen LogP contribution in [0.5, 0.6) is 17.2 Å². The molecule has 0 saturated carbocycles. The van der Waals surface area contributed by atoms with Crippen LogP contribution in [-0.4, -0.2) is 18.0 Å². The van der Waals surface area contributed by atoms with Crippen LogP contribution in [0, 0.1) is 6.92 Å². The van der Waals surface area contributed by atoms with E-state index < -0.39 is 17.6 Å². The molecule has 0 saturated heterocycles. The Hall–Kier alpha value is -4.27. The summed E-state index contributed by atoms with van der Waals surface area (Å²) in [7, 11) is 1.51. The molecule has 0 bridgehead atoms. The average Bonchev–Trinajstić information content (AvgIpc) is 3.22. The third-order valence-electron chi connectivity index (χ3n) is 4.87. The number of rotatable bonds is 6. The fourth-order valence-electron chi connectivity index (χ4n) is 3.16. The van der Waals surface area contributed by atoms with Gasteiger partial charge in [0.25, 0.3) is 5.91 Å². The lowest BCUT2D eigenvalue weighted by Gasteiger charge is -2.15. The highest BCUT2D eigenvalue weighted by Crippen LogP contribution is 2.37. The van der Waals surface area contributed by atoms with Crippen molar-refractivity contribution in [2.75, 3.05) is 12.4 Å². The first kappa shape index (κ1) is 22.9. The standard InChI is InChI=1S/C25H19F3N2O4/c1-15-22(30-24(33-15)16-6-4-3-5-7-16)23(31)29-20-14-17(25(26,27)28)8-13-21(20)34-19-11-9-18(32-2)10-12-19/h3-14H,1-2H3,(H,29,31). The van der Waals surface area contributed by atoms with Gasteiger partial charge in [0, 0.05) is 5.56 Å². The Morgan fingerprint density at radius 3 is 2.29 bits per heavy atom. The van der Waals surface area contributed by atoms with Gasteiger partial charge in [0.15, 0.2) is 11.4 Å². The van der Waals surface area contributed by atoms with E-state index in [0.717, 1.165) is 18.2 Å². The van der Waals surface area contributed by atoms with E-state index in [4.69, 9.17) is 13.9 Å². The van der Waals surface area contributed by atoms with Crippen LogP contribution in [0.15, 0.2) is 77.2 Å². The number of amides is 1. The summed E-state index contributed by atoms with van der Waals surface area (Å²) in [4.78, 5) is 17.2. The third-order valence-corrected chi connectivity index (χ3v) is 4.87. The van der Waals surface area contributed by atoms with Gasteiger partial charge in [-0.25, -0.2) is 4.98 Å². The summed E-state index contributed by atoms with van der Waals surface area (Å²) in [6, 6.07) is 18.2. The maximum absolute atomic E-state index is 13.3. The number of nitrogens with zero attached hydrogens (tertiary/aromatic N) is 1. The van der Waals surface area contributed by atoms with E-state index in [1.807, 2.05) is 6.07 Å². The number of ether oxygens (including phenoxy) is 2. The van der Waals surface area contributed by atoms with Crippen LogP contribution in [0.25, 0.3) is 11.5 Å². The SMILES string of the molecule is COc1ccc(Oc2ccc(C(F)(F)F)cc2NC(=O)c2nc(-c3ccccc3)oc2C)cc1. The number of alkyl halides is 3. The maximum Gasteiger partial charge on any atom is 0.416 e.